The van der Waals surface area contributed by atoms with Crippen LogP contribution in [0.4, 0.5) is 13.2 Å². The molecule has 0 spiro atoms. The van der Waals surface area contributed by atoms with E-state index in [-0.39, 0.29) is 33.8 Å². The Balaban J connectivity index is 1.74. The summed E-state index contributed by atoms with van der Waals surface area (Å²) in [7, 11) is 2.68. The number of carbonyl (C=O) groups is 3. The molecule has 1 aliphatic heterocycles. The normalized spacial score (nSPS) is 18.0. The Morgan fingerprint density at radius 3 is 2.30 bits per heavy atom. The van der Waals surface area contributed by atoms with E-state index in [4.69, 9.17) is 23.4 Å². The standard InChI is InChI=1S/C30H29F3O10S/c1-15-11-18(34)22-19(12-15)42-25-17(23(22)35)13-21(44-25)28(2,26(37)40-4)14-20(24(36)39-3)43-27(38)29(41-5,30(31,32)33)16-9-7-6-8-10-16/h6-12,20-21,34H,13-14H2,1-5H3/t20-,21+,28+,29-/m1/s1. The van der Waals surface area contributed by atoms with Gasteiger partial charge in [0.05, 0.1) is 25.2 Å². The van der Waals surface area contributed by atoms with Gasteiger partial charge in [-0.2, -0.15) is 13.2 Å². The monoisotopic (exact) mass is 638 g/mol. The van der Waals surface area contributed by atoms with Gasteiger partial charge in [-0.3, -0.25) is 9.59 Å². The molecule has 0 saturated carbocycles. The summed E-state index contributed by atoms with van der Waals surface area (Å²) in [4.78, 5) is 52.9. The van der Waals surface area contributed by atoms with Crippen molar-refractivity contribution in [2.45, 2.75) is 54.9 Å². The van der Waals surface area contributed by atoms with Gasteiger partial charge in [-0.25, -0.2) is 9.59 Å². The van der Waals surface area contributed by atoms with Crippen LogP contribution in [0.3, 0.4) is 0 Å². The van der Waals surface area contributed by atoms with Crippen LogP contribution in [0.1, 0.15) is 30.0 Å². The van der Waals surface area contributed by atoms with Crippen molar-refractivity contribution in [3.63, 3.8) is 0 Å². The molecule has 0 aliphatic carbocycles. The number of aryl methyl sites for hydroxylation is 1. The average Bonchev–Trinajstić information content (AvgIpc) is 3.41. The lowest BCUT2D eigenvalue weighted by molar-refractivity contribution is -0.278. The van der Waals surface area contributed by atoms with Gasteiger partial charge in [0.15, 0.2) is 11.2 Å². The fourth-order valence-corrected chi connectivity index (χ4v) is 6.72. The molecule has 1 aliphatic rings. The minimum atomic E-state index is -5.33. The topological polar surface area (TPSA) is 139 Å². The minimum Gasteiger partial charge on any atom is -0.507 e. The van der Waals surface area contributed by atoms with Crippen molar-refractivity contribution in [3.8, 4) is 5.75 Å². The highest BCUT2D eigenvalue weighted by atomic mass is 32.2. The van der Waals surface area contributed by atoms with Crippen LogP contribution in [0, 0.1) is 12.3 Å². The minimum absolute atomic E-state index is 0.0549. The molecule has 2 aromatic carbocycles. The summed E-state index contributed by atoms with van der Waals surface area (Å²) >= 11 is 0.972. The van der Waals surface area contributed by atoms with Crippen LogP contribution in [-0.4, -0.2) is 61.9 Å². The molecule has 0 radical (unpaired) electrons. The maximum absolute atomic E-state index is 14.5. The lowest BCUT2D eigenvalue weighted by Crippen LogP contribution is -2.54. The Morgan fingerprint density at radius 1 is 1.07 bits per heavy atom. The van der Waals surface area contributed by atoms with Gasteiger partial charge >= 0.3 is 24.1 Å². The van der Waals surface area contributed by atoms with E-state index in [1.54, 1.807) is 13.0 Å². The van der Waals surface area contributed by atoms with Gasteiger partial charge in [0, 0.05) is 24.3 Å². The summed E-state index contributed by atoms with van der Waals surface area (Å²) in [6.45, 7) is 3.06. The number of hydrogen-bond donors (Lipinski definition) is 1. The first-order valence-corrected chi connectivity index (χ1v) is 14.0. The quantitative estimate of drug-likeness (QED) is 0.260. The van der Waals surface area contributed by atoms with Crippen LogP contribution in [0.15, 0.2) is 56.8 Å². The summed E-state index contributed by atoms with van der Waals surface area (Å²) in [6.07, 6.45) is -8.15. The highest BCUT2D eigenvalue weighted by Crippen LogP contribution is 2.49. The van der Waals surface area contributed by atoms with Crippen molar-refractivity contribution >= 4 is 40.6 Å². The van der Waals surface area contributed by atoms with E-state index >= 15 is 0 Å². The zero-order valence-electron chi connectivity index (χ0n) is 24.3. The molecule has 1 N–H and O–H groups in total. The lowest BCUT2D eigenvalue weighted by Gasteiger charge is -2.36. The predicted molar refractivity (Wildman–Crippen MR) is 150 cm³/mol. The zero-order chi connectivity index (χ0) is 32.6. The van der Waals surface area contributed by atoms with E-state index in [1.807, 2.05) is 0 Å². The molecule has 14 heteroatoms. The Labute approximate surface area is 253 Å². The molecule has 2 heterocycles. The smallest absolute Gasteiger partial charge is 0.432 e. The van der Waals surface area contributed by atoms with Gasteiger partial charge in [-0.1, -0.05) is 42.1 Å². The number of hydrogen-bond acceptors (Lipinski definition) is 11. The molecule has 4 atom stereocenters. The molecule has 236 valence electrons. The second kappa shape index (κ2) is 12.2. The lowest BCUT2D eigenvalue weighted by atomic mass is 9.78. The van der Waals surface area contributed by atoms with E-state index < -0.39 is 63.9 Å². The number of ether oxygens (including phenoxy) is 4. The molecule has 44 heavy (non-hydrogen) atoms. The van der Waals surface area contributed by atoms with E-state index in [0.29, 0.717) is 12.7 Å². The zero-order valence-corrected chi connectivity index (χ0v) is 25.1. The van der Waals surface area contributed by atoms with Gasteiger partial charge in [-0.05, 0) is 38.0 Å². The number of phenolic OH excluding ortho intramolecular Hbond substituents is 1. The SMILES string of the molecule is COC(=O)[C@@H](C[C@](C)(C(=O)OC)[C@@H]1Cc2c(oc3cc(C)cc(O)c3c2=O)S1)OC(=O)[C@](OC)(c1ccccc1)C(F)(F)F. The Kier molecular flexibility index (Phi) is 9.08. The number of methoxy groups -OCH3 is 3. The average molecular weight is 639 g/mol. The number of alkyl halides is 3. The van der Waals surface area contributed by atoms with Crippen LogP contribution >= 0.6 is 11.8 Å². The first-order valence-electron chi connectivity index (χ1n) is 13.1. The fourth-order valence-electron chi connectivity index (χ4n) is 5.30. The second-order valence-corrected chi connectivity index (χ2v) is 11.6. The largest absolute Gasteiger partial charge is 0.507 e. The van der Waals surface area contributed by atoms with Crippen molar-refractivity contribution in [1.29, 1.82) is 0 Å². The molecule has 4 rings (SSSR count). The van der Waals surface area contributed by atoms with Gasteiger partial charge in [-0.15, -0.1) is 0 Å². The van der Waals surface area contributed by atoms with Crippen LogP contribution in [0.25, 0.3) is 11.0 Å². The molecule has 3 aromatic rings. The summed E-state index contributed by atoms with van der Waals surface area (Å²) in [5.41, 5.74) is -5.61. The van der Waals surface area contributed by atoms with Crippen LogP contribution in [0.5, 0.6) is 5.75 Å². The van der Waals surface area contributed by atoms with E-state index in [9.17, 15) is 37.5 Å². The van der Waals surface area contributed by atoms with Gasteiger partial charge < -0.3 is 28.5 Å². The third-order valence-electron chi connectivity index (χ3n) is 7.67. The summed E-state index contributed by atoms with van der Waals surface area (Å²) in [5, 5.41) is 9.62. The molecule has 0 amide bonds. The predicted octanol–water partition coefficient (Wildman–Crippen LogP) is 4.58. The molecule has 0 bridgehead atoms. The summed E-state index contributed by atoms with van der Waals surface area (Å²) < 4.78 is 69.1. The van der Waals surface area contributed by atoms with E-state index in [2.05, 4.69) is 0 Å². The number of halogens is 3. The number of fused-ring (bicyclic) bond motifs is 2. The number of rotatable bonds is 9. The number of carbonyl (C=O) groups excluding carboxylic acids is 3. The second-order valence-electron chi connectivity index (χ2n) is 10.4. The fraction of sp³-hybridized carbons (Fsp3) is 0.400. The van der Waals surface area contributed by atoms with Crippen molar-refractivity contribution < 1.29 is 56.0 Å². The summed E-state index contributed by atoms with van der Waals surface area (Å²) in [6, 6.07) is 8.97. The highest BCUT2D eigenvalue weighted by molar-refractivity contribution is 8.00. The van der Waals surface area contributed by atoms with Crippen molar-refractivity contribution in [3.05, 3.63) is 69.4 Å². The van der Waals surface area contributed by atoms with Crippen LogP contribution < -0.4 is 5.43 Å². The first-order chi connectivity index (χ1) is 20.6. The Bertz CT molecular complexity index is 1650. The number of thioether (sulfide) groups is 1. The Morgan fingerprint density at radius 2 is 1.73 bits per heavy atom. The molecular weight excluding hydrogens is 609 g/mol. The molecule has 0 fully saturated rings. The molecular formula is C30H29F3O10S. The molecule has 1 aromatic heterocycles. The van der Waals surface area contributed by atoms with Crippen molar-refractivity contribution in [2.24, 2.45) is 5.41 Å². The Hall–Kier alpha value is -4.04. The number of aromatic hydroxyl groups is 1. The van der Waals surface area contributed by atoms with Crippen molar-refractivity contribution in [2.75, 3.05) is 21.3 Å². The van der Waals surface area contributed by atoms with Gasteiger partial charge in [0.2, 0.25) is 5.43 Å². The van der Waals surface area contributed by atoms with E-state index in [1.165, 1.54) is 31.2 Å². The molecule has 10 nitrogen and oxygen atoms in total. The maximum atomic E-state index is 14.5. The molecule has 0 unspecified atom stereocenters. The third kappa shape index (κ3) is 5.52. The van der Waals surface area contributed by atoms with Crippen LogP contribution in [-0.2, 0) is 45.4 Å². The molecule has 0 saturated heterocycles. The van der Waals surface area contributed by atoms with Gasteiger partial charge in [0.1, 0.15) is 16.7 Å². The van der Waals surface area contributed by atoms with Crippen LogP contribution in [0.2, 0.25) is 0 Å². The van der Waals surface area contributed by atoms with E-state index in [0.717, 1.165) is 38.1 Å². The number of phenols is 1. The number of benzene rings is 2. The highest BCUT2D eigenvalue weighted by Gasteiger charge is 2.65. The summed E-state index contributed by atoms with van der Waals surface area (Å²) in [5.74, 6) is -4.39. The van der Waals surface area contributed by atoms with Gasteiger partial charge in [0.25, 0.3) is 5.60 Å². The number of esters is 3. The first kappa shape index (κ1) is 32.9. The third-order valence-corrected chi connectivity index (χ3v) is 9.19. The van der Waals surface area contributed by atoms with Crippen molar-refractivity contribution in [1.82, 2.24) is 0 Å². The maximum Gasteiger partial charge on any atom is 0.432 e.